The number of carbonyl (C=O) groups is 1. The molecule has 0 saturated heterocycles. The first kappa shape index (κ1) is 27.7. The highest BCUT2D eigenvalue weighted by atomic mass is 35.5. The summed E-state index contributed by atoms with van der Waals surface area (Å²) in [5, 5.41) is 21.2. The zero-order valence-corrected chi connectivity index (χ0v) is 23.3. The average molecular weight is 553 g/mol. The maximum absolute atomic E-state index is 11.2. The van der Waals surface area contributed by atoms with Crippen molar-refractivity contribution in [3.05, 3.63) is 142 Å². The fourth-order valence-electron chi connectivity index (χ4n) is 5.56. The van der Waals surface area contributed by atoms with Crippen LogP contribution in [-0.4, -0.2) is 45.8 Å². The third-order valence-electron chi connectivity index (χ3n) is 7.42. The van der Waals surface area contributed by atoms with E-state index in [1.165, 1.54) is 16.7 Å². The predicted molar refractivity (Wildman–Crippen MR) is 161 cm³/mol. The van der Waals surface area contributed by atoms with Crippen LogP contribution in [0.1, 0.15) is 44.3 Å². The highest BCUT2D eigenvalue weighted by Crippen LogP contribution is 2.37. The summed E-state index contributed by atoms with van der Waals surface area (Å²) in [6.45, 7) is 1.52. The largest absolute Gasteiger partial charge is 0.478 e. The van der Waals surface area contributed by atoms with Crippen molar-refractivity contribution in [3.63, 3.8) is 0 Å². The summed E-state index contributed by atoms with van der Waals surface area (Å²) in [6.07, 6.45) is 1.30. The van der Waals surface area contributed by atoms with E-state index in [-0.39, 0.29) is 18.2 Å². The third kappa shape index (κ3) is 5.97. The molecule has 2 N–H and O–H groups in total. The normalized spacial score (nSPS) is 11.5. The molecule has 5 rings (SSSR count). The first-order valence-corrected chi connectivity index (χ1v) is 13.9. The van der Waals surface area contributed by atoms with Crippen LogP contribution in [0.25, 0.3) is 10.9 Å². The molecule has 5 nitrogen and oxygen atoms in total. The van der Waals surface area contributed by atoms with E-state index in [1.807, 2.05) is 36.4 Å². The molecule has 0 saturated carbocycles. The number of carboxylic acid groups (broad SMARTS) is 1. The molecule has 204 valence electrons. The number of halogens is 1. The number of aromatic nitrogens is 1. The van der Waals surface area contributed by atoms with Gasteiger partial charge in [0.15, 0.2) is 0 Å². The molecule has 0 fully saturated rings. The van der Waals surface area contributed by atoms with Crippen molar-refractivity contribution in [2.45, 2.75) is 25.4 Å². The topological polar surface area (TPSA) is 65.7 Å². The molecule has 4 aromatic carbocycles. The van der Waals surface area contributed by atoms with E-state index >= 15 is 0 Å². The van der Waals surface area contributed by atoms with Gasteiger partial charge in [-0.3, -0.25) is 0 Å². The second-order valence-electron chi connectivity index (χ2n) is 10.1. The van der Waals surface area contributed by atoms with Gasteiger partial charge in [0.1, 0.15) is 0 Å². The van der Waals surface area contributed by atoms with Gasteiger partial charge < -0.3 is 19.7 Å². The highest BCUT2D eigenvalue weighted by molar-refractivity contribution is 6.31. The summed E-state index contributed by atoms with van der Waals surface area (Å²) >= 11 is 6.54. The van der Waals surface area contributed by atoms with Crippen molar-refractivity contribution in [2.75, 3.05) is 20.2 Å². The summed E-state index contributed by atoms with van der Waals surface area (Å²) in [6, 6.07) is 34.0. The molecule has 0 spiro atoms. The number of fused-ring (bicyclic) bond motifs is 1. The Bertz CT molecular complexity index is 1540. The Morgan fingerprint density at radius 3 is 2.08 bits per heavy atom. The van der Waals surface area contributed by atoms with Crippen LogP contribution in [0.5, 0.6) is 0 Å². The smallest absolute Gasteiger partial charge is 0.335 e. The fourth-order valence-corrected chi connectivity index (χ4v) is 5.74. The Morgan fingerprint density at radius 2 is 1.50 bits per heavy atom. The van der Waals surface area contributed by atoms with Crippen LogP contribution < -0.4 is 0 Å². The molecule has 40 heavy (non-hydrogen) atoms. The first-order chi connectivity index (χ1) is 19.5. The number of aliphatic hydroxyl groups excluding tert-OH is 1. The Kier molecular flexibility index (Phi) is 8.66. The fraction of sp³-hybridized carbons (Fsp3) is 0.206. The molecule has 0 atom stereocenters. The molecule has 1 heterocycles. The third-order valence-corrected chi connectivity index (χ3v) is 7.65. The minimum Gasteiger partial charge on any atom is -0.478 e. The van der Waals surface area contributed by atoms with Crippen molar-refractivity contribution < 1.29 is 15.0 Å². The Morgan fingerprint density at radius 1 is 0.875 bits per heavy atom. The van der Waals surface area contributed by atoms with E-state index in [0.29, 0.717) is 18.0 Å². The molecule has 5 aromatic rings. The molecule has 0 amide bonds. The molecule has 0 aliphatic carbocycles. The van der Waals surface area contributed by atoms with Gasteiger partial charge in [-0.1, -0.05) is 84.4 Å². The molecule has 0 radical (unpaired) electrons. The number of nitrogens with zero attached hydrogens (tertiary/aromatic N) is 2. The SMILES string of the molecule is CN(CCc1c(CCO)n(C(c2ccccc2)c2ccccc2)c2ccc(Cl)cc12)Cc1ccc(C(=O)O)cc1. The number of aliphatic hydroxyl groups is 1. The van der Waals surface area contributed by atoms with Gasteiger partial charge in [-0.05, 0) is 66.1 Å². The Hall–Kier alpha value is -3.90. The number of rotatable bonds is 11. The average Bonchev–Trinajstić information content (AvgIpc) is 3.25. The highest BCUT2D eigenvalue weighted by Gasteiger charge is 2.25. The summed E-state index contributed by atoms with van der Waals surface area (Å²) in [5.41, 5.74) is 7.08. The molecular formula is C34H33ClN2O3. The number of hydrogen-bond donors (Lipinski definition) is 2. The van der Waals surface area contributed by atoms with Crippen molar-refractivity contribution in [2.24, 2.45) is 0 Å². The van der Waals surface area contributed by atoms with Crippen LogP contribution in [0.3, 0.4) is 0 Å². The van der Waals surface area contributed by atoms with E-state index in [2.05, 4.69) is 71.1 Å². The van der Waals surface area contributed by atoms with E-state index in [4.69, 9.17) is 11.6 Å². The summed E-state index contributed by atoms with van der Waals surface area (Å²) in [4.78, 5) is 13.4. The van der Waals surface area contributed by atoms with Gasteiger partial charge in [-0.2, -0.15) is 0 Å². The van der Waals surface area contributed by atoms with E-state index < -0.39 is 5.97 Å². The molecular weight excluding hydrogens is 520 g/mol. The van der Waals surface area contributed by atoms with Gasteiger partial charge in [-0.15, -0.1) is 0 Å². The van der Waals surface area contributed by atoms with Gasteiger partial charge in [0.2, 0.25) is 0 Å². The lowest BCUT2D eigenvalue weighted by atomic mass is 9.97. The lowest BCUT2D eigenvalue weighted by molar-refractivity contribution is 0.0697. The maximum Gasteiger partial charge on any atom is 0.335 e. The van der Waals surface area contributed by atoms with Crippen LogP contribution in [-0.2, 0) is 19.4 Å². The van der Waals surface area contributed by atoms with Gasteiger partial charge in [-0.25, -0.2) is 4.79 Å². The zero-order valence-electron chi connectivity index (χ0n) is 22.5. The van der Waals surface area contributed by atoms with Crippen molar-refractivity contribution in [1.29, 1.82) is 0 Å². The van der Waals surface area contributed by atoms with E-state index in [9.17, 15) is 15.0 Å². The summed E-state index contributed by atoms with van der Waals surface area (Å²) in [7, 11) is 2.07. The second-order valence-corrected chi connectivity index (χ2v) is 10.6. The molecule has 0 unspecified atom stereocenters. The van der Waals surface area contributed by atoms with Gasteiger partial charge in [0.05, 0.1) is 11.6 Å². The maximum atomic E-state index is 11.2. The second kappa shape index (κ2) is 12.5. The van der Waals surface area contributed by atoms with Crippen LogP contribution in [0.15, 0.2) is 103 Å². The van der Waals surface area contributed by atoms with Gasteiger partial charge in [0, 0.05) is 47.7 Å². The number of aromatic carboxylic acids is 1. The zero-order chi connectivity index (χ0) is 28.1. The summed E-state index contributed by atoms with van der Waals surface area (Å²) < 4.78 is 2.38. The number of likely N-dealkylation sites (N-methyl/N-ethyl adjacent to an activating group) is 1. The van der Waals surface area contributed by atoms with Crippen LogP contribution in [0, 0.1) is 0 Å². The lowest BCUT2D eigenvalue weighted by Crippen LogP contribution is -2.22. The molecule has 6 heteroatoms. The van der Waals surface area contributed by atoms with E-state index in [0.717, 1.165) is 35.1 Å². The first-order valence-electron chi connectivity index (χ1n) is 13.5. The molecule has 1 aromatic heterocycles. The van der Waals surface area contributed by atoms with Gasteiger partial charge >= 0.3 is 5.97 Å². The lowest BCUT2D eigenvalue weighted by Gasteiger charge is -2.25. The molecule has 0 aliphatic heterocycles. The monoisotopic (exact) mass is 552 g/mol. The molecule has 0 bridgehead atoms. The van der Waals surface area contributed by atoms with Crippen LogP contribution in [0.4, 0.5) is 0 Å². The van der Waals surface area contributed by atoms with Crippen molar-refractivity contribution in [1.82, 2.24) is 9.47 Å². The predicted octanol–water partition coefficient (Wildman–Crippen LogP) is 6.84. The summed E-state index contributed by atoms with van der Waals surface area (Å²) in [5.74, 6) is -0.921. The Balaban J connectivity index is 1.55. The number of benzene rings is 4. The minimum absolute atomic E-state index is 0.0408. The van der Waals surface area contributed by atoms with Gasteiger partial charge in [0.25, 0.3) is 0 Å². The quantitative estimate of drug-likeness (QED) is 0.188. The van der Waals surface area contributed by atoms with Crippen molar-refractivity contribution >= 4 is 28.5 Å². The Labute approximate surface area is 239 Å². The van der Waals surface area contributed by atoms with Crippen LogP contribution >= 0.6 is 11.6 Å². The van der Waals surface area contributed by atoms with Crippen LogP contribution in [0.2, 0.25) is 5.02 Å². The molecule has 0 aliphatic rings. The van der Waals surface area contributed by atoms with Crippen molar-refractivity contribution in [3.8, 4) is 0 Å². The minimum atomic E-state index is -0.921. The number of carboxylic acids is 1. The van der Waals surface area contributed by atoms with E-state index in [1.54, 1.807) is 12.1 Å². The number of hydrogen-bond acceptors (Lipinski definition) is 3. The standard InChI is InChI=1S/C34H33ClN2O3/c1-36(23-24-12-14-27(15-13-24)34(39)40)20-18-29-30-22-28(35)16-17-31(30)37(32(29)19-21-38)33(25-8-4-2-5-9-25)26-10-6-3-7-11-26/h2-17,22,33,38H,18-21,23H2,1H3,(H,39,40).